The van der Waals surface area contributed by atoms with Gasteiger partial charge >= 0.3 is 5.97 Å². The largest absolute Gasteiger partial charge is 0.466 e. The number of amides is 2. The van der Waals surface area contributed by atoms with Crippen LogP contribution in [0.3, 0.4) is 0 Å². The van der Waals surface area contributed by atoms with E-state index in [0.717, 1.165) is 32.1 Å². The highest BCUT2D eigenvalue weighted by Gasteiger charge is 2.33. The predicted octanol–water partition coefficient (Wildman–Crippen LogP) is 2.59. The van der Waals surface area contributed by atoms with Crippen molar-refractivity contribution in [1.29, 1.82) is 0 Å². The first-order chi connectivity index (χ1) is 13.6. The fourth-order valence-electron chi connectivity index (χ4n) is 4.20. The van der Waals surface area contributed by atoms with Crippen molar-refractivity contribution in [2.45, 2.75) is 64.5 Å². The Morgan fingerprint density at radius 3 is 2.64 bits per heavy atom. The van der Waals surface area contributed by atoms with Gasteiger partial charge in [0.05, 0.1) is 12.5 Å². The van der Waals surface area contributed by atoms with Gasteiger partial charge in [0.2, 0.25) is 11.8 Å². The van der Waals surface area contributed by atoms with Crippen LogP contribution in [0.25, 0.3) is 0 Å². The Morgan fingerprint density at radius 2 is 1.86 bits per heavy atom. The Hall–Kier alpha value is -2.37. The van der Waals surface area contributed by atoms with Gasteiger partial charge in [-0.1, -0.05) is 37.1 Å². The third kappa shape index (κ3) is 5.12. The summed E-state index contributed by atoms with van der Waals surface area (Å²) in [4.78, 5) is 38.9. The van der Waals surface area contributed by atoms with Crippen LogP contribution in [0.2, 0.25) is 0 Å². The molecular formula is C22H30N2O4. The quantitative estimate of drug-likeness (QED) is 0.763. The molecule has 0 radical (unpaired) electrons. The van der Waals surface area contributed by atoms with Gasteiger partial charge in [-0.25, -0.2) is 0 Å². The molecule has 28 heavy (non-hydrogen) atoms. The molecule has 1 aliphatic heterocycles. The minimum atomic E-state index is -0.271. The van der Waals surface area contributed by atoms with Crippen molar-refractivity contribution in [1.82, 2.24) is 10.2 Å². The van der Waals surface area contributed by atoms with Crippen LogP contribution in [0.1, 0.15) is 56.6 Å². The molecule has 152 valence electrons. The molecule has 0 spiro atoms. The predicted molar refractivity (Wildman–Crippen MR) is 105 cm³/mol. The maximum absolute atomic E-state index is 12.5. The first-order valence-corrected chi connectivity index (χ1v) is 10.4. The number of nitrogens with zero attached hydrogens (tertiary/aromatic N) is 1. The van der Waals surface area contributed by atoms with Gasteiger partial charge in [-0.3, -0.25) is 14.4 Å². The molecule has 2 amide bonds. The van der Waals surface area contributed by atoms with Crippen LogP contribution in [0.4, 0.5) is 0 Å². The van der Waals surface area contributed by atoms with E-state index in [-0.39, 0.29) is 42.6 Å². The average molecular weight is 386 g/mol. The second-order valence-corrected chi connectivity index (χ2v) is 7.65. The molecule has 0 aromatic heterocycles. The standard InChI is InChI=1S/C22H30N2O4/c1-2-28-22(27)18-9-5-6-10-19(18)23-20(25)11-12-21(26)24-14-13-16-7-3-4-8-17(16)15-24/h3-4,7-8,18-19H,2,5-6,9-15H2,1H3,(H,23,25)/t18-,19+/m1/s1. The molecule has 1 aromatic rings. The summed E-state index contributed by atoms with van der Waals surface area (Å²) in [6.45, 7) is 3.46. The van der Waals surface area contributed by atoms with Crippen molar-refractivity contribution < 1.29 is 19.1 Å². The molecule has 6 heteroatoms. The summed E-state index contributed by atoms with van der Waals surface area (Å²) in [5, 5.41) is 2.97. The smallest absolute Gasteiger partial charge is 0.311 e. The molecular weight excluding hydrogens is 356 g/mol. The summed E-state index contributed by atoms with van der Waals surface area (Å²) in [5.41, 5.74) is 2.48. The molecule has 0 saturated heterocycles. The summed E-state index contributed by atoms with van der Waals surface area (Å²) in [6.07, 6.45) is 4.71. The van der Waals surface area contributed by atoms with E-state index in [1.165, 1.54) is 11.1 Å². The van der Waals surface area contributed by atoms with Crippen LogP contribution in [0.15, 0.2) is 24.3 Å². The lowest BCUT2D eigenvalue weighted by atomic mass is 9.84. The maximum atomic E-state index is 12.5. The van der Waals surface area contributed by atoms with E-state index >= 15 is 0 Å². The van der Waals surface area contributed by atoms with E-state index in [4.69, 9.17) is 4.74 Å². The Bertz CT molecular complexity index is 718. The first-order valence-electron chi connectivity index (χ1n) is 10.4. The van der Waals surface area contributed by atoms with E-state index in [2.05, 4.69) is 17.4 Å². The summed E-state index contributed by atoms with van der Waals surface area (Å²) < 4.78 is 5.15. The van der Waals surface area contributed by atoms with Gasteiger partial charge in [0.25, 0.3) is 0 Å². The second kappa shape index (κ2) is 9.71. The Morgan fingerprint density at radius 1 is 1.11 bits per heavy atom. The van der Waals surface area contributed by atoms with E-state index in [0.29, 0.717) is 19.7 Å². The van der Waals surface area contributed by atoms with Gasteiger partial charge in [0, 0.05) is 32.0 Å². The lowest BCUT2D eigenvalue weighted by Crippen LogP contribution is -2.46. The lowest BCUT2D eigenvalue weighted by Gasteiger charge is -2.31. The molecule has 1 aliphatic carbocycles. The molecule has 0 unspecified atom stereocenters. The lowest BCUT2D eigenvalue weighted by molar-refractivity contribution is -0.150. The number of hydrogen-bond donors (Lipinski definition) is 1. The van der Waals surface area contributed by atoms with Crippen molar-refractivity contribution in [3.05, 3.63) is 35.4 Å². The van der Waals surface area contributed by atoms with Gasteiger partial charge < -0.3 is 15.0 Å². The maximum Gasteiger partial charge on any atom is 0.311 e. The Labute approximate surface area is 166 Å². The van der Waals surface area contributed by atoms with Crippen LogP contribution in [-0.4, -0.2) is 41.9 Å². The summed E-state index contributed by atoms with van der Waals surface area (Å²) in [5.74, 6) is -0.648. The Kier molecular flexibility index (Phi) is 7.06. The third-order valence-electron chi connectivity index (χ3n) is 5.75. The average Bonchev–Trinajstić information content (AvgIpc) is 2.72. The normalized spacial score (nSPS) is 21.5. The highest BCUT2D eigenvalue weighted by molar-refractivity contribution is 5.84. The fraction of sp³-hybridized carbons (Fsp3) is 0.591. The Balaban J connectivity index is 1.47. The number of rotatable bonds is 6. The van der Waals surface area contributed by atoms with Gasteiger partial charge in [-0.15, -0.1) is 0 Å². The van der Waals surface area contributed by atoms with Gasteiger partial charge in [0.1, 0.15) is 0 Å². The van der Waals surface area contributed by atoms with Crippen molar-refractivity contribution in [2.24, 2.45) is 5.92 Å². The topological polar surface area (TPSA) is 75.7 Å². The van der Waals surface area contributed by atoms with Crippen molar-refractivity contribution in [3.63, 3.8) is 0 Å². The number of carbonyl (C=O) groups is 3. The summed E-state index contributed by atoms with van der Waals surface area (Å²) in [7, 11) is 0. The molecule has 0 bridgehead atoms. The van der Waals surface area contributed by atoms with Crippen molar-refractivity contribution in [3.8, 4) is 0 Å². The van der Waals surface area contributed by atoms with Crippen LogP contribution in [0, 0.1) is 5.92 Å². The number of ether oxygens (including phenoxy) is 1. The first kappa shape index (κ1) is 20.4. The number of benzene rings is 1. The summed E-state index contributed by atoms with van der Waals surface area (Å²) >= 11 is 0. The molecule has 1 heterocycles. The molecule has 1 N–H and O–H groups in total. The molecule has 1 saturated carbocycles. The highest BCUT2D eigenvalue weighted by Crippen LogP contribution is 2.26. The zero-order valence-corrected chi connectivity index (χ0v) is 16.6. The minimum Gasteiger partial charge on any atom is -0.466 e. The molecule has 1 fully saturated rings. The molecule has 2 aliphatic rings. The van der Waals surface area contributed by atoms with Gasteiger partial charge in [-0.05, 0) is 37.3 Å². The molecule has 3 rings (SSSR count). The van der Waals surface area contributed by atoms with Crippen LogP contribution >= 0.6 is 0 Å². The van der Waals surface area contributed by atoms with E-state index in [9.17, 15) is 14.4 Å². The molecule has 2 atom stereocenters. The number of hydrogen-bond acceptors (Lipinski definition) is 4. The third-order valence-corrected chi connectivity index (χ3v) is 5.75. The second-order valence-electron chi connectivity index (χ2n) is 7.65. The monoisotopic (exact) mass is 386 g/mol. The van der Waals surface area contributed by atoms with E-state index in [1.807, 2.05) is 17.0 Å². The summed E-state index contributed by atoms with van der Waals surface area (Å²) in [6, 6.07) is 7.99. The van der Waals surface area contributed by atoms with E-state index in [1.54, 1.807) is 6.92 Å². The minimum absolute atomic E-state index is 0.00948. The SMILES string of the molecule is CCOC(=O)[C@@H]1CCCC[C@@H]1NC(=O)CCC(=O)N1CCc2ccccc2C1. The highest BCUT2D eigenvalue weighted by atomic mass is 16.5. The fourth-order valence-corrected chi connectivity index (χ4v) is 4.20. The van der Waals surface area contributed by atoms with Gasteiger partial charge in [0.15, 0.2) is 0 Å². The van der Waals surface area contributed by atoms with Gasteiger partial charge in [-0.2, -0.15) is 0 Å². The number of fused-ring (bicyclic) bond motifs is 1. The van der Waals surface area contributed by atoms with Crippen LogP contribution in [0.5, 0.6) is 0 Å². The molecule has 6 nitrogen and oxygen atoms in total. The zero-order chi connectivity index (χ0) is 19.9. The van der Waals surface area contributed by atoms with Crippen LogP contribution < -0.4 is 5.32 Å². The van der Waals surface area contributed by atoms with Crippen molar-refractivity contribution >= 4 is 17.8 Å². The van der Waals surface area contributed by atoms with Crippen LogP contribution in [-0.2, 0) is 32.1 Å². The van der Waals surface area contributed by atoms with E-state index < -0.39 is 0 Å². The number of esters is 1. The molecule has 1 aromatic carbocycles. The number of carbonyl (C=O) groups excluding carboxylic acids is 3. The zero-order valence-electron chi connectivity index (χ0n) is 16.6. The van der Waals surface area contributed by atoms with Crippen molar-refractivity contribution in [2.75, 3.05) is 13.2 Å². The number of nitrogens with one attached hydrogen (secondary N) is 1.